The maximum Gasteiger partial charge on any atom is 0.321 e. The third-order valence-electron chi connectivity index (χ3n) is 3.45. The first-order chi connectivity index (χ1) is 10.3. The van der Waals surface area contributed by atoms with Crippen molar-refractivity contribution in [3.05, 3.63) is 42.5 Å². The van der Waals surface area contributed by atoms with Crippen molar-refractivity contribution in [1.29, 1.82) is 0 Å². The molecule has 0 bridgehead atoms. The van der Waals surface area contributed by atoms with Crippen LogP contribution in [-0.4, -0.2) is 25.5 Å². The number of aliphatic carboxylic acids is 1. The van der Waals surface area contributed by atoms with Crippen LogP contribution in [0.2, 0.25) is 0 Å². The van der Waals surface area contributed by atoms with Crippen molar-refractivity contribution in [2.45, 2.75) is 50.0 Å². The summed E-state index contributed by atoms with van der Waals surface area (Å²) >= 11 is 0. The number of carboxylic acid groups (broad SMARTS) is 1. The number of allylic oxidation sites excluding steroid dienone is 1. The van der Waals surface area contributed by atoms with Crippen LogP contribution in [0.25, 0.3) is 0 Å². The molecule has 2 N–H and O–H groups in total. The third-order valence-corrected chi connectivity index (χ3v) is 5.01. The van der Waals surface area contributed by atoms with E-state index in [-0.39, 0.29) is 4.90 Å². The summed E-state index contributed by atoms with van der Waals surface area (Å²) in [4.78, 5) is 10.8. The Bertz CT molecular complexity index is 608. The van der Waals surface area contributed by atoms with Gasteiger partial charge in [-0.3, -0.25) is 4.79 Å². The molecule has 0 aliphatic heterocycles. The quantitative estimate of drug-likeness (QED) is 0.684. The average Bonchev–Trinajstić information content (AvgIpc) is 2.46. The highest BCUT2D eigenvalue weighted by Crippen LogP contribution is 2.26. The molecule has 122 valence electrons. The monoisotopic (exact) mass is 325 g/mol. The Morgan fingerprint density at radius 3 is 2.41 bits per heavy atom. The van der Waals surface area contributed by atoms with Crippen LogP contribution in [-0.2, 0) is 14.8 Å². The lowest BCUT2D eigenvalue weighted by atomic mass is 9.92. The summed E-state index contributed by atoms with van der Waals surface area (Å²) in [6.07, 6.45) is 4.75. The Kier molecular flexibility index (Phi) is 6.77. The summed E-state index contributed by atoms with van der Waals surface area (Å²) in [6, 6.07) is 5.42. The predicted molar refractivity (Wildman–Crippen MR) is 86.3 cm³/mol. The van der Waals surface area contributed by atoms with Crippen molar-refractivity contribution in [2.24, 2.45) is 0 Å². The topological polar surface area (TPSA) is 83.5 Å². The van der Waals surface area contributed by atoms with Crippen LogP contribution >= 0.6 is 0 Å². The average molecular weight is 325 g/mol. The van der Waals surface area contributed by atoms with Crippen molar-refractivity contribution < 1.29 is 18.3 Å². The van der Waals surface area contributed by atoms with Crippen LogP contribution in [0.3, 0.4) is 0 Å². The molecule has 0 aliphatic carbocycles. The van der Waals surface area contributed by atoms with E-state index in [1.54, 1.807) is 12.1 Å². The minimum absolute atomic E-state index is 0.0678. The van der Waals surface area contributed by atoms with E-state index in [4.69, 9.17) is 5.11 Å². The molecule has 5 nitrogen and oxygen atoms in total. The third kappa shape index (κ3) is 4.96. The Labute approximate surface area is 132 Å². The van der Waals surface area contributed by atoms with Gasteiger partial charge in [-0.2, -0.15) is 4.72 Å². The van der Waals surface area contributed by atoms with Crippen molar-refractivity contribution in [3.8, 4) is 0 Å². The molecule has 0 saturated heterocycles. The number of nitrogens with one attached hydrogen (secondary N) is 1. The summed E-state index contributed by atoms with van der Waals surface area (Å²) in [6.45, 7) is 7.14. The number of benzene rings is 1. The highest BCUT2D eigenvalue weighted by atomic mass is 32.2. The largest absolute Gasteiger partial charge is 0.480 e. The number of hydrogen-bond donors (Lipinski definition) is 2. The van der Waals surface area contributed by atoms with Crippen LogP contribution in [0.4, 0.5) is 0 Å². The van der Waals surface area contributed by atoms with E-state index in [9.17, 15) is 13.2 Å². The molecule has 1 aromatic rings. The zero-order valence-corrected chi connectivity index (χ0v) is 13.8. The predicted octanol–water partition coefficient (Wildman–Crippen LogP) is 2.90. The SMILES string of the molecule is C=CCC(CCC)c1ccc(S(=O)(=O)N[C@H](C)C(=O)O)cc1. The van der Waals surface area contributed by atoms with Crippen LogP contribution < -0.4 is 4.72 Å². The fourth-order valence-corrected chi connectivity index (χ4v) is 3.44. The van der Waals surface area contributed by atoms with E-state index >= 15 is 0 Å². The Hall–Kier alpha value is -1.66. The van der Waals surface area contributed by atoms with Crippen LogP contribution in [0.5, 0.6) is 0 Å². The summed E-state index contributed by atoms with van der Waals surface area (Å²) < 4.78 is 26.3. The smallest absolute Gasteiger partial charge is 0.321 e. The van der Waals surface area contributed by atoms with Gasteiger partial charge < -0.3 is 5.11 Å². The van der Waals surface area contributed by atoms with Gasteiger partial charge in [0.2, 0.25) is 10.0 Å². The van der Waals surface area contributed by atoms with E-state index < -0.39 is 22.0 Å². The van der Waals surface area contributed by atoms with E-state index in [0.29, 0.717) is 5.92 Å². The van der Waals surface area contributed by atoms with Crippen molar-refractivity contribution in [2.75, 3.05) is 0 Å². The van der Waals surface area contributed by atoms with Gasteiger partial charge in [0.15, 0.2) is 0 Å². The molecule has 0 spiro atoms. The van der Waals surface area contributed by atoms with Gasteiger partial charge in [0, 0.05) is 0 Å². The fraction of sp³-hybridized carbons (Fsp3) is 0.438. The molecule has 1 unspecified atom stereocenters. The normalized spacial score (nSPS) is 14.3. The molecule has 1 aromatic carbocycles. The molecule has 0 aliphatic rings. The van der Waals surface area contributed by atoms with Crippen molar-refractivity contribution in [1.82, 2.24) is 4.72 Å². The van der Waals surface area contributed by atoms with Gasteiger partial charge in [-0.25, -0.2) is 8.42 Å². The lowest BCUT2D eigenvalue weighted by Crippen LogP contribution is -2.38. The standard InChI is InChI=1S/C16H23NO4S/c1-4-6-13(7-5-2)14-8-10-15(11-9-14)22(20,21)17-12(3)16(18)19/h4,8-13,17H,1,5-7H2,2-3H3,(H,18,19)/t12-,13?/m1/s1. The number of hydrogen-bond acceptors (Lipinski definition) is 3. The molecule has 0 fully saturated rings. The maximum absolute atomic E-state index is 12.1. The number of carbonyl (C=O) groups is 1. The molecular formula is C16H23NO4S. The van der Waals surface area contributed by atoms with Gasteiger partial charge in [-0.1, -0.05) is 31.6 Å². The number of rotatable bonds is 9. The minimum Gasteiger partial charge on any atom is -0.480 e. The van der Waals surface area contributed by atoms with Gasteiger partial charge >= 0.3 is 5.97 Å². The molecule has 0 saturated carbocycles. The van der Waals surface area contributed by atoms with E-state index in [0.717, 1.165) is 24.8 Å². The molecule has 0 radical (unpaired) electrons. The zero-order valence-electron chi connectivity index (χ0n) is 13.0. The molecule has 0 heterocycles. The summed E-state index contributed by atoms with van der Waals surface area (Å²) in [5.74, 6) is -0.889. The van der Waals surface area contributed by atoms with Gasteiger partial charge in [0.25, 0.3) is 0 Å². The zero-order chi connectivity index (χ0) is 16.8. The van der Waals surface area contributed by atoms with Gasteiger partial charge in [0.1, 0.15) is 6.04 Å². The lowest BCUT2D eigenvalue weighted by Gasteiger charge is -2.15. The first-order valence-electron chi connectivity index (χ1n) is 7.27. The molecular weight excluding hydrogens is 302 g/mol. The Morgan fingerprint density at radius 2 is 1.95 bits per heavy atom. The summed E-state index contributed by atoms with van der Waals surface area (Å²) in [5.41, 5.74) is 1.06. The second kappa shape index (κ2) is 8.10. The molecule has 6 heteroatoms. The van der Waals surface area contributed by atoms with Gasteiger partial charge in [0.05, 0.1) is 4.90 Å². The molecule has 22 heavy (non-hydrogen) atoms. The number of sulfonamides is 1. The van der Waals surface area contributed by atoms with E-state index in [1.165, 1.54) is 19.1 Å². The molecule has 0 amide bonds. The lowest BCUT2D eigenvalue weighted by molar-refractivity contribution is -0.138. The minimum atomic E-state index is -3.82. The van der Waals surface area contributed by atoms with Crippen LogP contribution in [0.15, 0.2) is 41.8 Å². The second-order valence-electron chi connectivity index (χ2n) is 5.26. The van der Waals surface area contributed by atoms with Gasteiger partial charge in [-0.05, 0) is 43.4 Å². The highest BCUT2D eigenvalue weighted by Gasteiger charge is 2.21. The maximum atomic E-state index is 12.1. The van der Waals surface area contributed by atoms with Gasteiger partial charge in [-0.15, -0.1) is 6.58 Å². The first-order valence-corrected chi connectivity index (χ1v) is 8.76. The first kappa shape index (κ1) is 18.4. The second-order valence-corrected chi connectivity index (χ2v) is 6.97. The Balaban J connectivity index is 2.95. The summed E-state index contributed by atoms with van der Waals surface area (Å²) in [5, 5.41) is 8.79. The van der Waals surface area contributed by atoms with Crippen LogP contribution in [0, 0.1) is 0 Å². The molecule has 2 atom stereocenters. The van der Waals surface area contributed by atoms with Crippen molar-refractivity contribution >= 4 is 16.0 Å². The van der Waals surface area contributed by atoms with Crippen LogP contribution in [0.1, 0.15) is 44.6 Å². The van der Waals surface area contributed by atoms with E-state index in [2.05, 4.69) is 18.2 Å². The Morgan fingerprint density at radius 1 is 1.36 bits per heavy atom. The van der Waals surface area contributed by atoms with Crippen molar-refractivity contribution in [3.63, 3.8) is 0 Å². The summed E-state index contributed by atoms with van der Waals surface area (Å²) in [7, 11) is -3.82. The van der Waals surface area contributed by atoms with E-state index in [1.807, 2.05) is 6.08 Å². The fourth-order valence-electron chi connectivity index (χ4n) is 2.24. The number of carboxylic acids is 1. The molecule has 0 aromatic heterocycles. The highest BCUT2D eigenvalue weighted by molar-refractivity contribution is 7.89. The molecule has 1 rings (SSSR count).